The van der Waals surface area contributed by atoms with Gasteiger partial charge < -0.3 is 4.79 Å². The number of benzene rings is 2. The molecule has 1 aromatic heterocycles. The number of hydrogen-bond donors (Lipinski definition) is 0. The van der Waals surface area contributed by atoms with Crippen LogP contribution in [0, 0.1) is 21.0 Å². The van der Waals surface area contributed by atoms with E-state index in [9.17, 15) is 10.1 Å². The van der Waals surface area contributed by atoms with E-state index in [2.05, 4.69) is 11.1 Å². The smallest absolute Gasteiger partial charge is 0.154 e. The van der Waals surface area contributed by atoms with Crippen molar-refractivity contribution in [1.82, 2.24) is 4.98 Å². The van der Waals surface area contributed by atoms with Crippen LogP contribution in [0.25, 0.3) is 22.0 Å². The number of fused-ring (bicyclic) bond motifs is 1. The summed E-state index contributed by atoms with van der Waals surface area (Å²) in [5, 5.41) is 18.0. The van der Waals surface area contributed by atoms with Gasteiger partial charge in [-0.05, 0) is 28.8 Å². The zero-order valence-corrected chi connectivity index (χ0v) is 12.5. The van der Waals surface area contributed by atoms with Crippen molar-refractivity contribution in [3.63, 3.8) is 0 Å². The van der Waals surface area contributed by atoms with E-state index < -0.39 is 0 Å². The number of carbonyl (C=O) groups is 1. The number of pyridine rings is 1. The van der Waals surface area contributed by atoms with Crippen molar-refractivity contribution in [1.29, 1.82) is 5.26 Å². The van der Waals surface area contributed by atoms with E-state index >= 15 is 0 Å². The summed E-state index contributed by atoms with van der Waals surface area (Å²) < 4.78 is 1.75. The summed E-state index contributed by atoms with van der Waals surface area (Å²) in [6, 6.07) is 19.6. The highest BCUT2D eigenvalue weighted by Gasteiger charge is 2.08. The third-order valence-corrected chi connectivity index (χ3v) is 3.39. The first kappa shape index (κ1) is 16.8. The molecule has 0 aliphatic carbocycles. The molecule has 24 heavy (non-hydrogen) atoms. The second-order valence-electron chi connectivity index (χ2n) is 4.82. The van der Waals surface area contributed by atoms with Gasteiger partial charge in [0.15, 0.2) is 4.75 Å². The lowest BCUT2D eigenvalue weighted by Crippen LogP contribution is -1.92. The average Bonchev–Trinajstić information content (AvgIpc) is 2.62. The lowest BCUT2D eigenvalue weighted by molar-refractivity contribution is -0.284. The standard InChI is InChI=1S/C18H12N2O.O3/c19-12-15-11-17(14-4-2-1-3-5-14)16-7-6-13(8-9-21)10-18(16)20-15;1-3-2/h1-7,9-11H,8H2;. The third kappa shape index (κ3) is 3.78. The lowest BCUT2D eigenvalue weighted by atomic mass is 9.98. The molecule has 0 unspecified atom stereocenters. The van der Waals surface area contributed by atoms with Gasteiger partial charge in [0, 0.05) is 11.8 Å². The van der Waals surface area contributed by atoms with E-state index in [-0.39, 0.29) is 0 Å². The predicted octanol–water partition coefficient (Wildman–Crippen LogP) is 2.39. The fourth-order valence-electron chi connectivity index (χ4n) is 2.41. The van der Waals surface area contributed by atoms with Gasteiger partial charge in [0.1, 0.15) is 18.0 Å². The fraction of sp³-hybridized carbons (Fsp3) is 0.0556. The molecule has 0 aliphatic heterocycles. The molecule has 0 saturated heterocycles. The van der Waals surface area contributed by atoms with Crippen molar-refractivity contribution in [2.75, 3.05) is 0 Å². The van der Waals surface area contributed by atoms with Crippen LogP contribution in [0.3, 0.4) is 0 Å². The maximum atomic E-state index is 10.6. The molecule has 0 fully saturated rings. The molecule has 6 heteroatoms. The minimum atomic E-state index is 0.356. The molecular formula is C18H12N2O4. The Morgan fingerprint density at radius 2 is 1.88 bits per heavy atom. The Morgan fingerprint density at radius 1 is 1.17 bits per heavy atom. The highest BCUT2D eigenvalue weighted by atomic mass is 17.2. The van der Waals surface area contributed by atoms with E-state index in [4.69, 9.17) is 10.2 Å². The normalized spacial score (nSPS) is 9.46. The van der Waals surface area contributed by atoms with Gasteiger partial charge in [0.25, 0.3) is 0 Å². The van der Waals surface area contributed by atoms with Gasteiger partial charge in [-0.1, -0.05) is 52.7 Å². The zero-order valence-electron chi connectivity index (χ0n) is 12.5. The van der Waals surface area contributed by atoms with Gasteiger partial charge in [0.2, 0.25) is 0 Å². The molecule has 0 atom stereocenters. The van der Waals surface area contributed by atoms with Gasteiger partial charge in [-0.3, -0.25) is 0 Å². The number of hydrogen-bond acceptors (Lipinski definition) is 5. The third-order valence-electron chi connectivity index (χ3n) is 3.39. The van der Waals surface area contributed by atoms with Crippen LogP contribution in [0.2, 0.25) is 0 Å². The highest BCUT2D eigenvalue weighted by Crippen LogP contribution is 2.29. The van der Waals surface area contributed by atoms with E-state index in [1.807, 2.05) is 48.5 Å². The Morgan fingerprint density at radius 3 is 2.50 bits per heavy atom. The van der Waals surface area contributed by atoms with Gasteiger partial charge in [-0.2, -0.15) is 5.26 Å². The molecule has 3 rings (SSSR count). The van der Waals surface area contributed by atoms with Crippen LogP contribution in [-0.4, -0.2) is 11.3 Å². The summed E-state index contributed by atoms with van der Waals surface area (Å²) >= 11 is 0. The summed E-state index contributed by atoms with van der Waals surface area (Å²) in [5.74, 6) is 0. The molecule has 0 bridgehead atoms. The second-order valence-corrected chi connectivity index (χ2v) is 4.82. The van der Waals surface area contributed by atoms with Crippen LogP contribution in [0.1, 0.15) is 11.3 Å². The molecule has 2 aromatic carbocycles. The van der Waals surface area contributed by atoms with Crippen molar-refractivity contribution in [2.24, 2.45) is 0 Å². The van der Waals surface area contributed by atoms with E-state index in [0.29, 0.717) is 12.1 Å². The van der Waals surface area contributed by atoms with E-state index in [0.717, 1.165) is 33.9 Å². The van der Waals surface area contributed by atoms with Crippen molar-refractivity contribution in [3.8, 4) is 17.2 Å². The Kier molecular flexibility index (Phi) is 5.70. The summed E-state index contributed by atoms with van der Waals surface area (Å²) in [6.45, 7) is 0. The van der Waals surface area contributed by atoms with Crippen LogP contribution >= 0.6 is 0 Å². The average molecular weight is 320 g/mol. The number of nitriles is 1. The molecule has 0 amide bonds. The van der Waals surface area contributed by atoms with Gasteiger partial charge in [-0.25, -0.2) is 4.98 Å². The van der Waals surface area contributed by atoms with Gasteiger partial charge >= 0.3 is 0 Å². The largest absolute Gasteiger partial charge is 0.303 e. The van der Waals surface area contributed by atoms with Crippen molar-refractivity contribution in [3.05, 3.63) is 75.6 Å². The zero-order chi connectivity index (χ0) is 17.4. The summed E-state index contributed by atoms with van der Waals surface area (Å²) in [7, 11) is 0. The number of aldehydes is 1. The first-order valence-electron chi connectivity index (χ1n) is 6.98. The minimum Gasteiger partial charge on any atom is -0.303 e. The molecule has 6 nitrogen and oxygen atoms in total. The van der Waals surface area contributed by atoms with Crippen LogP contribution in [-0.2, 0) is 11.2 Å². The van der Waals surface area contributed by atoms with Gasteiger partial charge in [-0.15, -0.1) is 0 Å². The van der Waals surface area contributed by atoms with E-state index in [1.165, 1.54) is 0 Å². The highest BCUT2D eigenvalue weighted by molar-refractivity contribution is 5.95. The maximum absolute atomic E-state index is 10.6. The predicted molar refractivity (Wildman–Crippen MR) is 88.4 cm³/mol. The molecule has 0 saturated carbocycles. The van der Waals surface area contributed by atoms with Crippen LogP contribution < -0.4 is 5.26 Å². The number of rotatable bonds is 3. The lowest BCUT2D eigenvalue weighted by Gasteiger charge is -2.08. The molecular weight excluding hydrogens is 308 g/mol. The molecule has 0 aliphatic rings. The van der Waals surface area contributed by atoms with Gasteiger partial charge in [0.05, 0.1) is 5.52 Å². The quantitative estimate of drug-likeness (QED) is 0.319. The first-order chi connectivity index (χ1) is 11.7. The topological polar surface area (TPSA) is 105 Å². The van der Waals surface area contributed by atoms with Crippen molar-refractivity contribution >= 4 is 17.2 Å². The maximum Gasteiger partial charge on any atom is 0.154 e. The van der Waals surface area contributed by atoms with Crippen LogP contribution in [0.5, 0.6) is 0 Å². The molecule has 0 spiro atoms. The first-order valence-corrected chi connectivity index (χ1v) is 6.98. The Hall–Kier alpha value is -3.59. The second kappa shape index (κ2) is 8.15. The number of aromatic nitrogens is 1. The SMILES string of the molecule is N#Cc1cc(-c2ccccc2)c2ccc(CC=O)cc2n1.O=[O+][O-]. The number of nitrogens with zero attached hydrogens (tertiary/aromatic N) is 2. The molecule has 118 valence electrons. The van der Waals surface area contributed by atoms with Crippen LogP contribution in [0.15, 0.2) is 54.6 Å². The Bertz CT molecular complexity index is 902. The Balaban J connectivity index is 0.000000647. The molecule has 0 radical (unpaired) electrons. The van der Waals surface area contributed by atoms with Crippen molar-refractivity contribution < 1.29 is 10.1 Å². The molecule has 0 N–H and O–H groups in total. The summed E-state index contributed by atoms with van der Waals surface area (Å²) in [4.78, 5) is 22.9. The van der Waals surface area contributed by atoms with Crippen molar-refractivity contribution in [2.45, 2.75) is 6.42 Å². The number of carbonyl (C=O) groups excluding carboxylic acids is 1. The Labute approximate surface area is 137 Å². The summed E-state index contributed by atoms with van der Waals surface area (Å²) in [6.07, 6.45) is 1.22. The molecule has 1 heterocycles. The summed E-state index contributed by atoms with van der Waals surface area (Å²) in [5.41, 5.74) is 4.05. The van der Waals surface area contributed by atoms with Crippen LogP contribution in [0.4, 0.5) is 0 Å². The van der Waals surface area contributed by atoms with E-state index in [1.54, 1.807) is 10.8 Å². The fourth-order valence-corrected chi connectivity index (χ4v) is 2.41. The molecule has 3 aromatic rings. The minimum absolute atomic E-state index is 0.356. The monoisotopic (exact) mass is 320 g/mol.